The number of para-hydroxylation sites is 1. The Morgan fingerprint density at radius 1 is 1.50 bits per heavy atom. The first kappa shape index (κ1) is 11.0. The lowest BCUT2D eigenvalue weighted by Gasteiger charge is -2.05. The fourth-order valence-corrected chi connectivity index (χ4v) is 2.03. The third-order valence-electron chi connectivity index (χ3n) is 2.53. The van der Waals surface area contributed by atoms with Crippen molar-refractivity contribution in [2.45, 2.75) is 17.5 Å². The molecule has 84 valence electrons. The lowest BCUT2D eigenvalue weighted by Crippen LogP contribution is -2.32. The second-order valence-electron chi connectivity index (χ2n) is 3.65. The Morgan fingerprint density at radius 2 is 2.19 bits per heavy atom. The van der Waals surface area contributed by atoms with Crippen LogP contribution < -0.4 is 5.73 Å². The van der Waals surface area contributed by atoms with Crippen molar-refractivity contribution < 1.29 is 9.90 Å². The van der Waals surface area contributed by atoms with Crippen molar-refractivity contribution >= 4 is 29.5 Å². The first-order valence-electron chi connectivity index (χ1n) is 4.86. The first-order chi connectivity index (χ1) is 7.59. The Morgan fingerprint density at radius 3 is 2.88 bits per heavy atom. The molecular formula is C11H12N2O2S. The first-order valence-corrected chi connectivity index (χ1v) is 5.31. The summed E-state index contributed by atoms with van der Waals surface area (Å²) >= 11 is 4.30. The summed E-state index contributed by atoms with van der Waals surface area (Å²) in [6.45, 7) is 0. The lowest BCUT2D eigenvalue weighted by atomic mass is 10.1. The summed E-state index contributed by atoms with van der Waals surface area (Å²) < 4.78 is 0. The highest BCUT2D eigenvalue weighted by Gasteiger charge is 2.17. The molecule has 5 heteroatoms. The SMILES string of the molecule is N[C@H](Cc1c(S)[nH]c2ccccc12)C(=O)O. The highest BCUT2D eigenvalue weighted by Crippen LogP contribution is 2.25. The van der Waals surface area contributed by atoms with Gasteiger partial charge < -0.3 is 15.8 Å². The molecule has 2 rings (SSSR count). The van der Waals surface area contributed by atoms with E-state index in [-0.39, 0.29) is 6.42 Å². The van der Waals surface area contributed by atoms with Crippen LogP contribution in [0.5, 0.6) is 0 Å². The van der Waals surface area contributed by atoms with E-state index in [4.69, 9.17) is 10.8 Å². The van der Waals surface area contributed by atoms with Crippen LogP contribution in [-0.2, 0) is 11.2 Å². The van der Waals surface area contributed by atoms with Crippen LogP contribution in [0.2, 0.25) is 0 Å². The number of nitrogens with one attached hydrogen (secondary N) is 1. The van der Waals surface area contributed by atoms with Crippen molar-refractivity contribution in [1.29, 1.82) is 0 Å². The number of benzene rings is 1. The normalized spacial score (nSPS) is 12.9. The molecule has 0 radical (unpaired) electrons. The topological polar surface area (TPSA) is 79.1 Å². The molecule has 0 bridgehead atoms. The number of aromatic nitrogens is 1. The Balaban J connectivity index is 2.43. The summed E-state index contributed by atoms with van der Waals surface area (Å²) in [5.41, 5.74) is 7.32. The second-order valence-corrected chi connectivity index (χ2v) is 4.09. The minimum absolute atomic E-state index is 0.276. The summed E-state index contributed by atoms with van der Waals surface area (Å²) in [6.07, 6.45) is 0.276. The highest BCUT2D eigenvalue weighted by atomic mass is 32.1. The monoisotopic (exact) mass is 236 g/mol. The zero-order valence-corrected chi connectivity index (χ0v) is 9.37. The van der Waals surface area contributed by atoms with Gasteiger partial charge in [0.1, 0.15) is 6.04 Å². The smallest absolute Gasteiger partial charge is 0.320 e. The zero-order chi connectivity index (χ0) is 11.7. The Bertz CT molecular complexity index is 536. The number of thiol groups is 1. The average Bonchev–Trinajstić information content (AvgIpc) is 2.55. The van der Waals surface area contributed by atoms with E-state index in [0.717, 1.165) is 16.5 Å². The number of carbonyl (C=O) groups is 1. The molecule has 1 aromatic heterocycles. The van der Waals surface area contributed by atoms with Gasteiger partial charge in [-0.25, -0.2) is 0 Å². The number of carboxylic acids is 1. The summed E-state index contributed by atoms with van der Waals surface area (Å²) in [6, 6.07) is 6.76. The van der Waals surface area contributed by atoms with Gasteiger partial charge >= 0.3 is 5.97 Å². The summed E-state index contributed by atoms with van der Waals surface area (Å²) in [5, 5.41) is 10.4. The molecule has 4 nitrogen and oxygen atoms in total. The predicted molar refractivity (Wildman–Crippen MR) is 64.9 cm³/mol. The highest BCUT2D eigenvalue weighted by molar-refractivity contribution is 7.80. The van der Waals surface area contributed by atoms with Crippen LogP contribution >= 0.6 is 12.6 Å². The van der Waals surface area contributed by atoms with E-state index in [9.17, 15) is 4.79 Å². The molecule has 4 N–H and O–H groups in total. The van der Waals surface area contributed by atoms with Crippen LogP contribution in [-0.4, -0.2) is 22.1 Å². The largest absolute Gasteiger partial charge is 0.480 e. The van der Waals surface area contributed by atoms with Crippen molar-refractivity contribution in [3.8, 4) is 0 Å². The predicted octanol–water partition coefficient (Wildman–Crippen LogP) is 1.41. The van der Waals surface area contributed by atoms with Gasteiger partial charge in [0.15, 0.2) is 0 Å². The number of H-pyrrole nitrogens is 1. The van der Waals surface area contributed by atoms with E-state index in [2.05, 4.69) is 17.6 Å². The van der Waals surface area contributed by atoms with Gasteiger partial charge in [0.2, 0.25) is 0 Å². The van der Waals surface area contributed by atoms with Crippen molar-refractivity contribution in [3.63, 3.8) is 0 Å². The number of carboxylic acid groups (broad SMARTS) is 1. The molecule has 0 saturated heterocycles. The Kier molecular flexibility index (Phi) is 2.89. The molecule has 2 aromatic rings. The van der Waals surface area contributed by atoms with Crippen molar-refractivity contribution in [2.75, 3.05) is 0 Å². The summed E-state index contributed by atoms with van der Waals surface area (Å²) in [7, 11) is 0. The van der Waals surface area contributed by atoms with Crippen LogP contribution in [0.25, 0.3) is 10.9 Å². The molecule has 1 heterocycles. The molecule has 16 heavy (non-hydrogen) atoms. The number of rotatable bonds is 3. The number of hydrogen-bond donors (Lipinski definition) is 4. The molecule has 1 aromatic carbocycles. The minimum atomic E-state index is -1.00. The maximum Gasteiger partial charge on any atom is 0.320 e. The number of nitrogens with two attached hydrogens (primary N) is 1. The number of hydrogen-bond acceptors (Lipinski definition) is 3. The molecule has 0 fully saturated rings. The zero-order valence-electron chi connectivity index (χ0n) is 8.47. The molecule has 0 aliphatic heterocycles. The quantitative estimate of drug-likeness (QED) is 0.608. The van der Waals surface area contributed by atoms with Crippen LogP contribution in [0, 0.1) is 0 Å². The molecule has 0 aliphatic carbocycles. The van der Waals surface area contributed by atoms with Gasteiger partial charge in [0.25, 0.3) is 0 Å². The van der Waals surface area contributed by atoms with Crippen molar-refractivity contribution in [2.24, 2.45) is 5.73 Å². The fourth-order valence-electron chi connectivity index (χ4n) is 1.70. The Hall–Kier alpha value is -1.46. The minimum Gasteiger partial charge on any atom is -0.480 e. The van der Waals surface area contributed by atoms with Gasteiger partial charge in [-0.15, -0.1) is 12.6 Å². The van der Waals surface area contributed by atoms with Crippen LogP contribution in [0.3, 0.4) is 0 Å². The van der Waals surface area contributed by atoms with Crippen LogP contribution in [0.1, 0.15) is 5.56 Å². The van der Waals surface area contributed by atoms with E-state index in [1.807, 2.05) is 24.3 Å². The number of fused-ring (bicyclic) bond motifs is 1. The molecular weight excluding hydrogens is 224 g/mol. The van der Waals surface area contributed by atoms with Crippen molar-refractivity contribution in [3.05, 3.63) is 29.8 Å². The summed E-state index contributed by atoms with van der Waals surface area (Å²) in [4.78, 5) is 13.8. The molecule has 0 amide bonds. The third kappa shape index (κ3) is 1.91. The second kappa shape index (κ2) is 4.19. The lowest BCUT2D eigenvalue weighted by molar-refractivity contribution is -0.138. The molecule has 1 atom stereocenters. The Labute approximate surface area is 97.9 Å². The van der Waals surface area contributed by atoms with E-state index >= 15 is 0 Å². The van der Waals surface area contributed by atoms with Gasteiger partial charge in [-0.05, 0) is 11.6 Å². The van der Waals surface area contributed by atoms with Gasteiger partial charge in [0.05, 0.1) is 5.03 Å². The average molecular weight is 236 g/mol. The fraction of sp³-hybridized carbons (Fsp3) is 0.182. The van der Waals surface area contributed by atoms with E-state index in [1.165, 1.54) is 0 Å². The van der Waals surface area contributed by atoms with Gasteiger partial charge in [-0.2, -0.15) is 0 Å². The van der Waals surface area contributed by atoms with Crippen molar-refractivity contribution in [1.82, 2.24) is 4.98 Å². The standard InChI is InChI=1S/C11H12N2O2S/c12-8(11(14)15)5-7-6-3-1-2-4-9(6)13-10(7)16/h1-4,8,13,16H,5,12H2,(H,14,15)/t8-/m1/s1. The summed E-state index contributed by atoms with van der Waals surface area (Å²) in [5.74, 6) is -1.00. The van der Waals surface area contributed by atoms with Crippen LogP contribution in [0.15, 0.2) is 29.3 Å². The van der Waals surface area contributed by atoms with Gasteiger partial charge in [-0.1, -0.05) is 18.2 Å². The third-order valence-corrected chi connectivity index (χ3v) is 2.91. The number of aliphatic carboxylic acids is 1. The molecule has 0 saturated carbocycles. The number of aromatic amines is 1. The maximum absolute atomic E-state index is 10.7. The van der Waals surface area contributed by atoms with E-state index in [0.29, 0.717) is 5.03 Å². The molecule has 0 spiro atoms. The van der Waals surface area contributed by atoms with E-state index < -0.39 is 12.0 Å². The van der Waals surface area contributed by atoms with Gasteiger partial charge in [-0.3, -0.25) is 4.79 Å². The van der Waals surface area contributed by atoms with Crippen LogP contribution in [0.4, 0.5) is 0 Å². The molecule has 0 unspecified atom stereocenters. The van der Waals surface area contributed by atoms with Gasteiger partial charge in [0, 0.05) is 17.3 Å². The molecule has 0 aliphatic rings. The van der Waals surface area contributed by atoms with E-state index in [1.54, 1.807) is 0 Å². The maximum atomic E-state index is 10.7.